The van der Waals surface area contributed by atoms with Gasteiger partial charge in [-0.05, 0) is 61.9 Å². The molecule has 3 aromatic carbocycles. The highest BCUT2D eigenvalue weighted by atomic mass is 79.9. The van der Waals surface area contributed by atoms with Crippen LogP contribution in [0.3, 0.4) is 0 Å². The summed E-state index contributed by atoms with van der Waals surface area (Å²) in [4.78, 5) is 32.8. The Bertz CT molecular complexity index is 1370. The van der Waals surface area contributed by atoms with Crippen molar-refractivity contribution in [1.82, 2.24) is 14.5 Å². The van der Waals surface area contributed by atoms with Crippen LogP contribution in [0.25, 0.3) is 16.6 Å². The second-order valence-corrected chi connectivity index (χ2v) is 8.61. The van der Waals surface area contributed by atoms with Crippen LogP contribution in [0.2, 0.25) is 0 Å². The molecule has 0 radical (unpaired) electrons. The van der Waals surface area contributed by atoms with E-state index >= 15 is 0 Å². The van der Waals surface area contributed by atoms with Crippen LogP contribution in [0.4, 0.5) is 10.5 Å². The van der Waals surface area contributed by atoms with Crippen molar-refractivity contribution in [1.29, 1.82) is 0 Å². The number of fused-ring (bicyclic) bond motifs is 1. The Kier molecular flexibility index (Phi) is 6.10. The minimum atomic E-state index is -0.472. The number of nitrogens with one attached hydrogen (secondary N) is 1. The number of anilines is 1. The van der Waals surface area contributed by atoms with Gasteiger partial charge in [-0.3, -0.25) is 9.36 Å². The summed E-state index contributed by atoms with van der Waals surface area (Å²) in [7, 11) is 1.69. The van der Waals surface area contributed by atoms with Crippen molar-refractivity contribution in [3.8, 4) is 5.69 Å². The highest BCUT2D eigenvalue weighted by Crippen LogP contribution is 2.23. The number of aromatic nitrogens is 2. The van der Waals surface area contributed by atoms with Crippen molar-refractivity contribution in [2.45, 2.75) is 19.9 Å². The van der Waals surface area contributed by atoms with Gasteiger partial charge in [-0.1, -0.05) is 46.3 Å². The van der Waals surface area contributed by atoms with Gasteiger partial charge < -0.3 is 10.2 Å². The number of amides is 2. The molecule has 7 heteroatoms. The number of para-hydroxylation sites is 1. The molecule has 1 aromatic heterocycles. The number of rotatable bonds is 4. The Hall–Kier alpha value is -3.45. The molecule has 6 nitrogen and oxygen atoms in total. The molecule has 0 aliphatic carbocycles. The van der Waals surface area contributed by atoms with E-state index in [9.17, 15) is 9.59 Å². The summed E-state index contributed by atoms with van der Waals surface area (Å²) in [5, 5.41) is 3.43. The first kappa shape index (κ1) is 21.8. The Morgan fingerprint density at radius 1 is 1.06 bits per heavy atom. The van der Waals surface area contributed by atoms with E-state index in [1.807, 2.05) is 80.6 Å². The Labute approximate surface area is 194 Å². The second-order valence-electron chi connectivity index (χ2n) is 7.69. The number of benzene rings is 3. The number of carbonyl (C=O) groups excluding carboxylic acids is 1. The molecule has 0 saturated heterocycles. The van der Waals surface area contributed by atoms with Gasteiger partial charge in [-0.2, -0.15) is 0 Å². The van der Waals surface area contributed by atoms with Crippen LogP contribution in [0.15, 0.2) is 82.1 Å². The van der Waals surface area contributed by atoms with Crippen molar-refractivity contribution in [2.24, 2.45) is 0 Å². The molecule has 0 saturated carbocycles. The average Bonchev–Trinajstić information content (AvgIpc) is 2.78. The van der Waals surface area contributed by atoms with Crippen LogP contribution in [-0.4, -0.2) is 27.5 Å². The maximum atomic E-state index is 13.5. The lowest BCUT2D eigenvalue weighted by molar-refractivity contribution is 0.205. The molecule has 162 valence electrons. The lowest BCUT2D eigenvalue weighted by Gasteiger charge is -2.27. The first-order valence-electron chi connectivity index (χ1n) is 10.2. The zero-order valence-electron chi connectivity index (χ0n) is 18.0. The number of carbonyl (C=O) groups is 1. The largest absolute Gasteiger partial charge is 0.322 e. The molecule has 4 aromatic rings. The monoisotopic (exact) mass is 490 g/mol. The van der Waals surface area contributed by atoms with Crippen molar-refractivity contribution in [2.75, 3.05) is 12.4 Å². The fourth-order valence-electron chi connectivity index (χ4n) is 3.57. The molecule has 4 rings (SSSR count). The van der Waals surface area contributed by atoms with E-state index < -0.39 is 6.04 Å². The van der Waals surface area contributed by atoms with Gasteiger partial charge in [-0.15, -0.1) is 0 Å². The summed E-state index contributed by atoms with van der Waals surface area (Å²) in [5.74, 6) is 0.492. The molecule has 0 spiro atoms. The van der Waals surface area contributed by atoms with E-state index in [-0.39, 0.29) is 11.6 Å². The fraction of sp³-hybridized carbons (Fsp3) is 0.160. The SMILES string of the molecule is Cc1cccc(-n2c(C(C)N(C)C(=O)Nc3cccc(Br)c3)nc3ccccc3c2=O)c1. The molecular formula is C25H23BrN4O2. The standard InChI is InChI=1S/C25H23BrN4O2/c1-16-8-6-11-20(14-16)30-23(28-22-13-5-4-12-21(22)24(30)31)17(2)29(3)25(32)27-19-10-7-9-18(26)15-19/h4-15,17H,1-3H3,(H,27,32). The van der Waals surface area contributed by atoms with Crippen molar-refractivity contribution in [3.63, 3.8) is 0 Å². The van der Waals surface area contributed by atoms with Crippen LogP contribution in [0.5, 0.6) is 0 Å². The maximum Gasteiger partial charge on any atom is 0.322 e. The van der Waals surface area contributed by atoms with Gasteiger partial charge in [0.25, 0.3) is 5.56 Å². The predicted molar refractivity (Wildman–Crippen MR) is 131 cm³/mol. The highest BCUT2D eigenvalue weighted by Gasteiger charge is 2.24. The smallest absolute Gasteiger partial charge is 0.318 e. The van der Waals surface area contributed by atoms with Crippen LogP contribution in [0.1, 0.15) is 24.4 Å². The number of aryl methyl sites for hydroxylation is 1. The third kappa shape index (κ3) is 4.29. The van der Waals surface area contributed by atoms with Crippen molar-refractivity contribution in [3.05, 3.63) is 99.0 Å². The molecule has 0 aliphatic rings. The maximum absolute atomic E-state index is 13.5. The van der Waals surface area contributed by atoms with E-state index in [0.29, 0.717) is 22.4 Å². The molecule has 1 heterocycles. The fourth-order valence-corrected chi connectivity index (χ4v) is 3.97. The summed E-state index contributed by atoms with van der Waals surface area (Å²) < 4.78 is 2.47. The molecule has 0 fully saturated rings. The Morgan fingerprint density at radius 3 is 2.56 bits per heavy atom. The van der Waals surface area contributed by atoms with Gasteiger partial charge in [0.2, 0.25) is 0 Å². The number of hydrogen-bond acceptors (Lipinski definition) is 3. The first-order chi connectivity index (χ1) is 15.3. The van der Waals surface area contributed by atoms with E-state index in [1.165, 1.54) is 0 Å². The van der Waals surface area contributed by atoms with Gasteiger partial charge in [0.05, 0.1) is 22.6 Å². The first-order valence-corrected chi connectivity index (χ1v) is 11.0. The zero-order chi connectivity index (χ0) is 22.8. The summed E-state index contributed by atoms with van der Waals surface area (Å²) in [6.07, 6.45) is 0. The van der Waals surface area contributed by atoms with Gasteiger partial charge in [-0.25, -0.2) is 9.78 Å². The highest BCUT2D eigenvalue weighted by molar-refractivity contribution is 9.10. The molecule has 1 atom stereocenters. The molecule has 32 heavy (non-hydrogen) atoms. The molecule has 0 bridgehead atoms. The van der Waals surface area contributed by atoms with E-state index in [1.54, 1.807) is 22.6 Å². The minimum Gasteiger partial charge on any atom is -0.318 e. The quantitative estimate of drug-likeness (QED) is 0.400. The molecular weight excluding hydrogens is 468 g/mol. The summed E-state index contributed by atoms with van der Waals surface area (Å²) in [6, 6.07) is 21.6. The van der Waals surface area contributed by atoms with E-state index in [4.69, 9.17) is 4.98 Å². The lowest BCUT2D eigenvalue weighted by Crippen LogP contribution is -2.37. The number of hydrogen-bond donors (Lipinski definition) is 1. The molecule has 1 unspecified atom stereocenters. The van der Waals surface area contributed by atoms with Gasteiger partial charge in [0.1, 0.15) is 5.82 Å². The number of halogens is 1. The van der Waals surface area contributed by atoms with Gasteiger partial charge in [0.15, 0.2) is 0 Å². The molecule has 2 amide bonds. The Balaban J connectivity index is 1.79. The molecule has 1 N–H and O–H groups in total. The van der Waals surface area contributed by atoms with Crippen LogP contribution in [-0.2, 0) is 0 Å². The zero-order valence-corrected chi connectivity index (χ0v) is 19.6. The predicted octanol–water partition coefficient (Wildman–Crippen LogP) is 5.68. The van der Waals surface area contributed by atoms with Crippen LogP contribution < -0.4 is 10.9 Å². The van der Waals surface area contributed by atoms with Crippen molar-refractivity contribution < 1.29 is 4.79 Å². The number of nitrogens with zero attached hydrogens (tertiary/aromatic N) is 3. The van der Waals surface area contributed by atoms with E-state index in [0.717, 1.165) is 15.7 Å². The van der Waals surface area contributed by atoms with Gasteiger partial charge >= 0.3 is 6.03 Å². The van der Waals surface area contributed by atoms with E-state index in [2.05, 4.69) is 21.2 Å². The average molecular weight is 491 g/mol. The summed E-state index contributed by atoms with van der Waals surface area (Å²) >= 11 is 3.41. The topological polar surface area (TPSA) is 67.2 Å². The second kappa shape index (κ2) is 8.96. The normalized spacial score (nSPS) is 11.9. The summed E-state index contributed by atoms with van der Waals surface area (Å²) in [6.45, 7) is 3.84. The minimum absolute atomic E-state index is 0.163. The third-order valence-electron chi connectivity index (χ3n) is 5.41. The van der Waals surface area contributed by atoms with Gasteiger partial charge in [0, 0.05) is 17.2 Å². The molecule has 0 aliphatic heterocycles. The number of urea groups is 1. The van der Waals surface area contributed by atoms with Crippen LogP contribution in [0, 0.1) is 6.92 Å². The Morgan fingerprint density at radius 2 is 1.81 bits per heavy atom. The summed E-state index contributed by atoms with van der Waals surface area (Å²) in [5.41, 5.74) is 2.86. The lowest BCUT2D eigenvalue weighted by atomic mass is 10.1. The van der Waals surface area contributed by atoms with Crippen LogP contribution >= 0.6 is 15.9 Å². The third-order valence-corrected chi connectivity index (χ3v) is 5.91. The van der Waals surface area contributed by atoms with Crippen molar-refractivity contribution >= 4 is 38.6 Å².